The molecule has 1 heterocycles. The van der Waals surface area contributed by atoms with Gasteiger partial charge in [-0.3, -0.25) is 4.79 Å². The second-order valence-corrected chi connectivity index (χ2v) is 5.11. The first-order chi connectivity index (χ1) is 11.6. The van der Waals surface area contributed by atoms with Crippen molar-refractivity contribution in [1.29, 1.82) is 0 Å². The normalized spacial score (nSPS) is 10.2. The Morgan fingerprint density at radius 3 is 2.38 bits per heavy atom. The average Bonchev–Trinajstić information content (AvgIpc) is 2.59. The van der Waals surface area contributed by atoms with Crippen LogP contribution in [0.2, 0.25) is 0 Å². The number of nitrogens with zero attached hydrogens (tertiary/aromatic N) is 2. The van der Waals surface area contributed by atoms with Crippen LogP contribution in [0.25, 0.3) is 0 Å². The number of amides is 1. The number of aryl methyl sites for hydroxylation is 1. The quantitative estimate of drug-likeness (QED) is 0.789. The van der Waals surface area contributed by atoms with Crippen LogP contribution in [0.15, 0.2) is 60.9 Å². The molecule has 0 unspecified atom stereocenters. The molecular weight excluding hydrogens is 309 g/mol. The Hall–Kier alpha value is -3.28. The predicted molar refractivity (Wildman–Crippen MR) is 87.6 cm³/mol. The number of anilines is 1. The number of benzene rings is 2. The van der Waals surface area contributed by atoms with E-state index in [1.165, 1.54) is 24.5 Å². The molecule has 5 nitrogen and oxygen atoms in total. The Morgan fingerprint density at radius 1 is 1.04 bits per heavy atom. The lowest BCUT2D eigenvalue weighted by Crippen LogP contribution is -2.12. The first-order valence-electron chi connectivity index (χ1n) is 7.24. The van der Waals surface area contributed by atoms with Gasteiger partial charge in [0.2, 0.25) is 0 Å². The van der Waals surface area contributed by atoms with E-state index in [4.69, 9.17) is 4.74 Å². The molecule has 120 valence electrons. The van der Waals surface area contributed by atoms with Crippen molar-refractivity contribution in [3.05, 3.63) is 77.9 Å². The van der Waals surface area contributed by atoms with Gasteiger partial charge in [-0.05, 0) is 31.2 Å². The van der Waals surface area contributed by atoms with E-state index in [2.05, 4.69) is 15.3 Å². The second kappa shape index (κ2) is 6.87. The average molecular weight is 323 g/mol. The van der Waals surface area contributed by atoms with Gasteiger partial charge >= 0.3 is 6.01 Å². The molecule has 0 saturated heterocycles. The zero-order chi connectivity index (χ0) is 16.9. The van der Waals surface area contributed by atoms with Crippen LogP contribution in [0.3, 0.4) is 0 Å². The zero-order valence-electron chi connectivity index (χ0n) is 12.9. The number of hydrogen-bond acceptors (Lipinski definition) is 4. The number of carbonyl (C=O) groups is 1. The molecule has 3 aromatic rings. The summed E-state index contributed by atoms with van der Waals surface area (Å²) in [6.45, 7) is 1.95. The molecule has 0 bridgehead atoms. The molecule has 0 aliphatic carbocycles. The lowest BCUT2D eigenvalue weighted by atomic mass is 10.1. The number of nitrogens with one attached hydrogen (secondary N) is 1. The molecule has 0 saturated carbocycles. The van der Waals surface area contributed by atoms with Crippen molar-refractivity contribution >= 4 is 11.6 Å². The largest absolute Gasteiger partial charge is 0.421 e. The van der Waals surface area contributed by atoms with Crippen molar-refractivity contribution in [3.8, 4) is 11.8 Å². The third kappa shape index (κ3) is 3.73. The maximum absolute atomic E-state index is 13.5. The number of para-hydroxylation sites is 1. The smallest absolute Gasteiger partial charge is 0.322 e. The van der Waals surface area contributed by atoms with Gasteiger partial charge in [0.05, 0.1) is 18.1 Å². The third-order valence-corrected chi connectivity index (χ3v) is 3.24. The summed E-state index contributed by atoms with van der Waals surface area (Å²) in [6.07, 6.45) is 2.80. The molecule has 1 aromatic heterocycles. The minimum absolute atomic E-state index is 0.00608. The Morgan fingerprint density at radius 2 is 1.71 bits per heavy atom. The van der Waals surface area contributed by atoms with Crippen LogP contribution >= 0.6 is 0 Å². The fraction of sp³-hybridized carbons (Fsp3) is 0.0556. The van der Waals surface area contributed by atoms with Crippen LogP contribution in [-0.4, -0.2) is 15.9 Å². The molecule has 0 fully saturated rings. The summed E-state index contributed by atoms with van der Waals surface area (Å²) in [5, 5.41) is 2.69. The first kappa shape index (κ1) is 15.6. The molecule has 0 atom stereocenters. The summed E-state index contributed by atoms with van der Waals surface area (Å²) in [7, 11) is 0. The second-order valence-electron chi connectivity index (χ2n) is 5.11. The molecule has 3 rings (SSSR count). The van der Waals surface area contributed by atoms with Crippen LogP contribution in [-0.2, 0) is 0 Å². The van der Waals surface area contributed by atoms with Gasteiger partial charge in [-0.25, -0.2) is 14.4 Å². The summed E-state index contributed by atoms with van der Waals surface area (Å²) in [5.74, 6) is -0.729. The van der Waals surface area contributed by atoms with Gasteiger partial charge < -0.3 is 10.1 Å². The van der Waals surface area contributed by atoms with E-state index >= 15 is 0 Å². The Bertz CT molecular complexity index is 849. The molecule has 6 heteroatoms. The standard InChI is InChI=1S/C18H14FN3O2/c1-12-6-8-13(9-7-12)17(23)22-14-10-20-18(21-11-14)24-16-5-3-2-4-15(16)19/h2-11H,1H3,(H,22,23). The van der Waals surface area contributed by atoms with Crippen molar-refractivity contribution in [3.63, 3.8) is 0 Å². The molecule has 2 aromatic carbocycles. The number of aromatic nitrogens is 2. The van der Waals surface area contributed by atoms with E-state index in [1.807, 2.05) is 19.1 Å². The molecular formula is C18H14FN3O2. The fourth-order valence-electron chi connectivity index (χ4n) is 1.97. The van der Waals surface area contributed by atoms with Crippen LogP contribution < -0.4 is 10.1 Å². The lowest BCUT2D eigenvalue weighted by Gasteiger charge is -2.07. The van der Waals surface area contributed by atoms with Crippen LogP contribution in [0.5, 0.6) is 11.8 Å². The summed E-state index contributed by atoms with van der Waals surface area (Å²) in [4.78, 5) is 20.0. The van der Waals surface area contributed by atoms with Crippen molar-refractivity contribution in [1.82, 2.24) is 9.97 Å². The SMILES string of the molecule is Cc1ccc(C(=O)Nc2cnc(Oc3ccccc3F)nc2)cc1. The van der Waals surface area contributed by atoms with E-state index in [0.29, 0.717) is 11.3 Å². The van der Waals surface area contributed by atoms with Crippen molar-refractivity contribution in [2.24, 2.45) is 0 Å². The van der Waals surface area contributed by atoms with Gasteiger partial charge in [0.15, 0.2) is 11.6 Å². The predicted octanol–water partition coefficient (Wildman–Crippen LogP) is 3.97. The summed E-state index contributed by atoms with van der Waals surface area (Å²) < 4.78 is 18.8. The molecule has 0 aliphatic heterocycles. The topological polar surface area (TPSA) is 64.1 Å². The summed E-state index contributed by atoms with van der Waals surface area (Å²) in [5.41, 5.74) is 2.03. The van der Waals surface area contributed by atoms with Crippen molar-refractivity contribution in [2.75, 3.05) is 5.32 Å². The Labute approximate surface area is 138 Å². The summed E-state index contributed by atoms with van der Waals surface area (Å²) in [6, 6.07) is 13.2. The molecule has 24 heavy (non-hydrogen) atoms. The molecule has 0 spiro atoms. The van der Waals surface area contributed by atoms with Gasteiger partial charge in [-0.2, -0.15) is 0 Å². The van der Waals surface area contributed by atoms with Gasteiger partial charge in [-0.15, -0.1) is 0 Å². The molecule has 0 aliphatic rings. The van der Waals surface area contributed by atoms with E-state index in [0.717, 1.165) is 5.56 Å². The van der Waals surface area contributed by atoms with Gasteiger partial charge in [0, 0.05) is 5.56 Å². The monoisotopic (exact) mass is 323 g/mol. The van der Waals surface area contributed by atoms with Crippen molar-refractivity contribution in [2.45, 2.75) is 6.92 Å². The van der Waals surface area contributed by atoms with Gasteiger partial charge in [-0.1, -0.05) is 29.8 Å². The highest BCUT2D eigenvalue weighted by Crippen LogP contribution is 2.21. The van der Waals surface area contributed by atoms with Crippen LogP contribution in [0, 0.1) is 12.7 Å². The number of ether oxygens (including phenoxy) is 1. The minimum atomic E-state index is -0.502. The van der Waals surface area contributed by atoms with E-state index in [1.54, 1.807) is 24.3 Å². The third-order valence-electron chi connectivity index (χ3n) is 3.24. The Balaban J connectivity index is 1.67. The minimum Gasteiger partial charge on any atom is -0.421 e. The van der Waals surface area contributed by atoms with E-state index in [9.17, 15) is 9.18 Å². The van der Waals surface area contributed by atoms with E-state index in [-0.39, 0.29) is 17.7 Å². The molecule has 1 N–H and O–H groups in total. The zero-order valence-corrected chi connectivity index (χ0v) is 12.9. The van der Waals surface area contributed by atoms with Crippen LogP contribution in [0.1, 0.15) is 15.9 Å². The number of rotatable bonds is 4. The molecule has 1 amide bonds. The van der Waals surface area contributed by atoms with E-state index < -0.39 is 5.82 Å². The van der Waals surface area contributed by atoms with Gasteiger partial charge in [0.1, 0.15) is 0 Å². The van der Waals surface area contributed by atoms with Crippen molar-refractivity contribution < 1.29 is 13.9 Å². The highest BCUT2D eigenvalue weighted by atomic mass is 19.1. The highest BCUT2D eigenvalue weighted by molar-refractivity contribution is 6.04. The number of halogens is 1. The summed E-state index contributed by atoms with van der Waals surface area (Å²) >= 11 is 0. The maximum Gasteiger partial charge on any atom is 0.322 e. The van der Waals surface area contributed by atoms with Gasteiger partial charge in [0.25, 0.3) is 5.91 Å². The highest BCUT2D eigenvalue weighted by Gasteiger charge is 2.08. The number of carbonyl (C=O) groups excluding carboxylic acids is 1. The molecule has 0 radical (unpaired) electrons. The van der Waals surface area contributed by atoms with Crippen LogP contribution in [0.4, 0.5) is 10.1 Å². The lowest BCUT2D eigenvalue weighted by molar-refractivity contribution is 0.102. The first-order valence-corrected chi connectivity index (χ1v) is 7.24. The fourth-order valence-corrected chi connectivity index (χ4v) is 1.97. The Kier molecular flexibility index (Phi) is 4.47. The number of hydrogen-bond donors (Lipinski definition) is 1. The maximum atomic E-state index is 13.5.